The highest BCUT2D eigenvalue weighted by Gasteiger charge is 2.13. The second-order valence-electron chi connectivity index (χ2n) is 6.60. The maximum Gasteiger partial charge on any atom is 0.190 e. The van der Waals surface area contributed by atoms with Gasteiger partial charge in [-0.05, 0) is 37.8 Å². The minimum Gasteiger partial charge on any atom is -0.378 e. The molecule has 2 aromatic heterocycles. The first-order valence-corrected chi connectivity index (χ1v) is 9.50. The van der Waals surface area contributed by atoms with Gasteiger partial charge in [-0.25, -0.2) is 0 Å². The molecule has 2 aromatic rings. The monoisotopic (exact) mass is 360 g/mol. The zero-order valence-corrected chi connectivity index (χ0v) is 16.4. The molecule has 0 aromatic carbocycles. The van der Waals surface area contributed by atoms with Crippen LogP contribution >= 0.6 is 0 Å². The Balaban J connectivity index is 1.69. The Morgan fingerprint density at radius 1 is 1.23 bits per heavy atom. The van der Waals surface area contributed by atoms with Gasteiger partial charge in [0.1, 0.15) is 5.82 Å². The first-order valence-electron chi connectivity index (χ1n) is 9.50. The van der Waals surface area contributed by atoms with Gasteiger partial charge >= 0.3 is 0 Å². The molecule has 1 atom stereocenters. The molecule has 0 bridgehead atoms. The summed E-state index contributed by atoms with van der Waals surface area (Å²) in [5, 5.41) is 15.2. The van der Waals surface area contributed by atoms with Crippen LogP contribution in [0, 0.1) is 5.92 Å². The van der Waals surface area contributed by atoms with Crippen molar-refractivity contribution in [3.8, 4) is 0 Å². The zero-order valence-electron chi connectivity index (χ0n) is 16.4. The van der Waals surface area contributed by atoms with Crippen molar-refractivity contribution in [2.75, 3.05) is 26.7 Å². The van der Waals surface area contributed by atoms with Gasteiger partial charge in [0.15, 0.2) is 11.6 Å². The van der Waals surface area contributed by atoms with Crippen LogP contribution in [0.15, 0.2) is 29.4 Å². The lowest BCUT2D eigenvalue weighted by molar-refractivity contribution is 0.0258. The van der Waals surface area contributed by atoms with E-state index in [1.807, 2.05) is 35.7 Å². The molecule has 0 saturated carbocycles. The first kappa shape index (κ1) is 20.2. The van der Waals surface area contributed by atoms with E-state index < -0.39 is 0 Å². The molecular weight excluding hydrogens is 328 g/mol. The second-order valence-corrected chi connectivity index (χ2v) is 6.60. The van der Waals surface area contributed by atoms with E-state index in [1.165, 1.54) is 0 Å². The van der Waals surface area contributed by atoms with Crippen LogP contribution in [0.2, 0.25) is 0 Å². The average molecular weight is 361 g/mol. The van der Waals surface area contributed by atoms with Gasteiger partial charge < -0.3 is 15.4 Å². The number of hydrogen-bond donors (Lipinski definition) is 2. The summed E-state index contributed by atoms with van der Waals surface area (Å²) in [6.07, 6.45) is 5.09. The van der Waals surface area contributed by atoms with Crippen molar-refractivity contribution in [1.29, 1.82) is 0 Å². The van der Waals surface area contributed by atoms with Crippen molar-refractivity contribution in [3.05, 3.63) is 30.2 Å². The summed E-state index contributed by atoms with van der Waals surface area (Å²) in [6, 6.07) is 5.93. The minimum absolute atomic E-state index is 0.284. The van der Waals surface area contributed by atoms with Gasteiger partial charge in [-0.3, -0.25) is 9.39 Å². The van der Waals surface area contributed by atoms with Crippen molar-refractivity contribution >= 4 is 11.6 Å². The highest BCUT2D eigenvalue weighted by atomic mass is 16.5. The van der Waals surface area contributed by atoms with Crippen molar-refractivity contribution in [3.63, 3.8) is 0 Å². The van der Waals surface area contributed by atoms with Gasteiger partial charge in [0, 0.05) is 39.4 Å². The Labute approximate surface area is 156 Å². The summed E-state index contributed by atoms with van der Waals surface area (Å²) >= 11 is 0. The van der Waals surface area contributed by atoms with Crippen molar-refractivity contribution in [1.82, 2.24) is 25.2 Å². The summed E-state index contributed by atoms with van der Waals surface area (Å²) in [5.41, 5.74) is 0.891. The number of nitrogens with zero attached hydrogens (tertiary/aromatic N) is 4. The Kier molecular flexibility index (Phi) is 8.34. The Morgan fingerprint density at radius 2 is 2.04 bits per heavy atom. The summed E-state index contributed by atoms with van der Waals surface area (Å²) in [5.74, 6) is 2.33. The topological polar surface area (TPSA) is 75.8 Å². The maximum atomic E-state index is 5.78. The molecule has 2 rings (SSSR count). The summed E-state index contributed by atoms with van der Waals surface area (Å²) in [4.78, 5) is 4.28. The third kappa shape index (κ3) is 5.98. The number of aromatic nitrogens is 3. The highest BCUT2D eigenvalue weighted by Crippen LogP contribution is 2.10. The maximum absolute atomic E-state index is 5.78. The number of pyridine rings is 1. The zero-order chi connectivity index (χ0) is 18.8. The van der Waals surface area contributed by atoms with E-state index in [0.717, 1.165) is 56.4 Å². The number of rotatable bonds is 10. The average Bonchev–Trinajstić information content (AvgIpc) is 3.06. The Morgan fingerprint density at radius 3 is 2.77 bits per heavy atom. The molecule has 2 N–H and O–H groups in total. The van der Waals surface area contributed by atoms with Crippen molar-refractivity contribution in [2.45, 2.75) is 46.1 Å². The molecule has 0 radical (unpaired) electrons. The van der Waals surface area contributed by atoms with Crippen LogP contribution in [0.25, 0.3) is 5.65 Å². The van der Waals surface area contributed by atoms with E-state index in [2.05, 4.69) is 39.7 Å². The van der Waals surface area contributed by atoms with E-state index >= 15 is 0 Å². The van der Waals surface area contributed by atoms with Gasteiger partial charge in [-0.2, -0.15) is 0 Å². The highest BCUT2D eigenvalue weighted by molar-refractivity contribution is 5.79. The molecule has 0 aliphatic heterocycles. The number of fused-ring (bicyclic) bond motifs is 1. The smallest absolute Gasteiger partial charge is 0.190 e. The van der Waals surface area contributed by atoms with Crippen molar-refractivity contribution in [2.24, 2.45) is 10.9 Å². The van der Waals surface area contributed by atoms with Crippen LogP contribution in [0.3, 0.4) is 0 Å². The van der Waals surface area contributed by atoms with Gasteiger partial charge in [0.25, 0.3) is 0 Å². The normalized spacial score (nSPS) is 13.3. The van der Waals surface area contributed by atoms with E-state index in [9.17, 15) is 0 Å². The molecule has 7 nitrogen and oxygen atoms in total. The third-order valence-corrected chi connectivity index (χ3v) is 4.32. The molecule has 0 amide bonds. The molecule has 0 aliphatic rings. The van der Waals surface area contributed by atoms with Crippen molar-refractivity contribution < 1.29 is 4.74 Å². The van der Waals surface area contributed by atoms with Gasteiger partial charge in [-0.15, -0.1) is 10.2 Å². The quantitative estimate of drug-likeness (QED) is 0.386. The lowest BCUT2D eigenvalue weighted by atomic mass is 10.0. The second kappa shape index (κ2) is 10.8. The van der Waals surface area contributed by atoms with E-state index in [-0.39, 0.29) is 6.10 Å². The molecule has 0 spiro atoms. The number of guanidine groups is 1. The molecule has 7 heteroatoms. The number of hydrogen-bond acceptors (Lipinski definition) is 4. The van der Waals surface area contributed by atoms with Gasteiger partial charge in [-0.1, -0.05) is 19.9 Å². The summed E-state index contributed by atoms with van der Waals surface area (Å²) in [6.45, 7) is 8.87. The SMILES string of the molecule is CCOC(CCNC(=NC)NCCCc1nnc2ccccn12)C(C)C. The number of nitrogens with one attached hydrogen (secondary N) is 2. The predicted octanol–water partition coefficient (Wildman–Crippen LogP) is 2.28. The summed E-state index contributed by atoms with van der Waals surface area (Å²) in [7, 11) is 1.80. The Bertz CT molecular complexity index is 681. The number of aryl methyl sites for hydroxylation is 1. The van der Waals surface area contributed by atoms with E-state index in [1.54, 1.807) is 7.05 Å². The summed E-state index contributed by atoms with van der Waals surface area (Å²) < 4.78 is 7.81. The van der Waals surface area contributed by atoms with Crippen LogP contribution in [0.4, 0.5) is 0 Å². The molecular formula is C19H32N6O. The van der Waals surface area contributed by atoms with E-state index in [0.29, 0.717) is 5.92 Å². The van der Waals surface area contributed by atoms with E-state index in [4.69, 9.17) is 4.74 Å². The van der Waals surface area contributed by atoms with Gasteiger partial charge in [0.05, 0.1) is 6.10 Å². The minimum atomic E-state index is 0.284. The first-order chi connectivity index (χ1) is 12.7. The van der Waals surface area contributed by atoms with Crippen LogP contribution in [-0.4, -0.2) is 53.4 Å². The fourth-order valence-electron chi connectivity index (χ4n) is 2.89. The number of aliphatic imine (C=N–C) groups is 1. The standard InChI is InChI=1S/C19H32N6O/c1-5-26-16(15(2)3)11-13-22-19(20-4)21-12-8-10-18-24-23-17-9-6-7-14-25(17)18/h6-7,9,14-16H,5,8,10-13H2,1-4H3,(H2,20,21,22). The van der Waals surface area contributed by atoms with Crippen LogP contribution < -0.4 is 10.6 Å². The molecule has 26 heavy (non-hydrogen) atoms. The lowest BCUT2D eigenvalue weighted by Gasteiger charge is -2.21. The molecule has 1 unspecified atom stereocenters. The largest absolute Gasteiger partial charge is 0.378 e. The van der Waals surface area contributed by atoms with Crippen LogP contribution in [0.5, 0.6) is 0 Å². The molecule has 0 saturated heterocycles. The lowest BCUT2D eigenvalue weighted by Crippen LogP contribution is -2.39. The molecule has 144 valence electrons. The molecule has 2 heterocycles. The molecule has 0 aliphatic carbocycles. The predicted molar refractivity (Wildman–Crippen MR) is 106 cm³/mol. The fraction of sp³-hybridized carbons (Fsp3) is 0.632. The van der Waals surface area contributed by atoms with Gasteiger partial charge in [0.2, 0.25) is 0 Å². The van der Waals surface area contributed by atoms with Crippen LogP contribution in [-0.2, 0) is 11.2 Å². The van der Waals surface area contributed by atoms with Crippen LogP contribution in [0.1, 0.15) is 39.4 Å². The number of ether oxygens (including phenoxy) is 1. The molecule has 0 fully saturated rings. The Hall–Kier alpha value is -2.15. The fourth-order valence-corrected chi connectivity index (χ4v) is 2.89. The third-order valence-electron chi connectivity index (χ3n) is 4.32.